The average Bonchev–Trinajstić information content (AvgIpc) is 3.44. The zero-order chi connectivity index (χ0) is 29.6. The second-order valence-electron chi connectivity index (χ2n) is 14.0. The van der Waals surface area contributed by atoms with E-state index in [4.69, 9.17) is 29.4 Å². The Bertz CT molecular complexity index is 1260. The zero-order valence-corrected chi connectivity index (χ0v) is 25.5. The Morgan fingerprint density at radius 2 is 1.86 bits per heavy atom. The highest BCUT2D eigenvalue weighted by atomic mass is 16.6. The van der Waals surface area contributed by atoms with Crippen LogP contribution in [0.25, 0.3) is 0 Å². The number of benzene rings is 1. The fourth-order valence-electron chi connectivity index (χ4n) is 12.0. The van der Waals surface area contributed by atoms with Crippen LogP contribution in [0, 0.1) is 40.4 Å². The Balaban J connectivity index is 1.36. The van der Waals surface area contributed by atoms with E-state index in [1.54, 1.807) is 33.3 Å². The quantitative estimate of drug-likeness (QED) is 0.364. The smallest absolute Gasteiger partial charge is 0.340 e. The number of fused-ring (bicyclic) bond motifs is 2. The van der Waals surface area contributed by atoms with Gasteiger partial charge in [0.05, 0.1) is 30.5 Å². The molecule has 0 aromatic heterocycles. The van der Waals surface area contributed by atoms with Gasteiger partial charge in [-0.05, 0) is 56.2 Å². The fourth-order valence-corrected chi connectivity index (χ4v) is 12.0. The van der Waals surface area contributed by atoms with E-state index in [2.05, 4.69) is 11.8 Å². The molecule has 12 unspecified atom stereocenters. The van der Waals surface area contributed by atoms with Crippen LogP contribution in [-0.2, 0) is 28.5 Å². The summed E-state index contributed by atoms with van der Waals surface area (Å²) in [6.07, 6.45) is 4.38. The topological polar surface area (TPSA) is 110 Å². The van der Waals surface area contributed by atoms with Crippen LogP contribution >= 0.6 is 0 Å². The molecule has 9 heteroatoms. The minimum absolute atomic E-state index is 0.0344. The number of esters is 2. The number of hydrogen-bond donors (Lipinski definition) is 1. The van der Waals surface area contributed by atoms with E-state index < -0.39 is 5.60 Å². The number of piperidine rings is 1. The zero-order valence-electron chi connectivity index (χ0n) is 25.5. The largest absolute Gasteiger partial charge is 0.461 e. The van der Waals surface area contributed by atoms with Crippen LogP contribution in [0.1, 0.15) is 56.3 Å². The van der Waals surface area contributed by atoms with Gasteiger partial charge in [0.1, 0.15) is 5.60 Å². The molecule has 1 aromatic carbocycles. The minimum atomic E-state index is -0.672. The number of para-hydroxylation sites is 1. The first-order chi connectivity index (χ1) is 20.2. The van der Waals surface area contributed by atoms with Gasteiger partial charge in [0.15, 0.2) is 0 Å². The maximum Gasteiger partial charge on any atom is 0.340 e. The molecule has 7 rings (SSSR count). The lowest BCUT2D eigenvalue weighted by molar-refractivity contribution is -0.281. The Morgan fingerprint density at radius 1 is 1.07 bits per heavy atom. The van der Waals surface area contributed by atoms with Crippen molar-refractivity contribution in [2.75, 3.05) is 46.8 Å². The van der Waals surface area contributed by atoms with Gasteiger partial charge in [-0.2, -0.15) is 0 Å². The highest BCUT2D eigenvalue weighted by Crippen LogP contribution is 2.80. The van der Waals surface area contributed by atoms with Crippen molar-refractivity contribution in [1.29, 1.82) is 0 Å². The summed E-state index contributed by atoms with van der Waals surface area (Å²) in [7, 11) is 5.45. The molecule has 6 aliphatic rings. The fraction of sp³-hybridized carbons (Fsp3) is 0.758. The van der Waals surface area contributed by atoms with E-state index in [9.17, 15) is 9.59 Å². The van der Waals surface area contributed by atoms with Gasteiger partial charge in [0.25, 0.3) is 0 Å². The Hall–Kier alpha value is -2.20. The van der Waals surface area contributed by atoms with Crippen LogP contribution in [-0.4, -0.2) is 87.8 Å². The molecular formula is C33H46N2O7. The highest BCUT2D eigenvalue weighted by Gasteiger charge is 2.85. The molecule has 12 atom stereocenters. The number of carbonyl (C=O) groups is 2. The van der Waals surface area contributed by atoms with Gasteiger partial charge in [0, 0.05) is 81.5 Å². The molecule has 7 bridgehead atoms. The molecule has 1 spiro atoms. The van der Waals surface area contributed by atoms with Crippen LogP contribution in [0.3, 0.4) is 0 Å². The molecular weight excluding hydrogens is 536 g/mol. The number of carbonyl (C=O) groups excluding carboxylic acids is 2. The standard InChI is InChI=1S/C33H46N2O7/c1-6-35-16-31(17-41-30(37)19-9-7-8-10-23(19)34)12-11-26(39-4)33-21-13-20-24(38-3)15-32(42-18(2)36,27(21)28(20)40-5)22(29(33)35)14-25(31)33/h7-10,20-22,24-29H,6,11-17,34H2,1-5H3. The number of nitrogen functional groups attached to an aromatic ring is 1. The molecule has 1 aliphatic heterocycles. The van der Waals surface area contributed by atoms with Gasteiger partial charge in [-0.3, -0.25) is 9.69 Å². The molecule has 2 N–H and O–H groups in total. The monoisotopic (exact) mass is 582 g/mol. The van der Waals surface area contributed by atoms with Crippen LogP contribution in [0.5, 0.6) is 0 Å². The summed E-state index contributed by atoms with van der Waals surface area (Å²) in [5, 5.41) is 0. The molecule has 0 amide bonds. The number of nitrogens with two attached hydrogens (primary N) is 1. The number of nitrogens with zero attached hydrogens (tertiary/aromatic N) is 1. The predicted octanol–water partition coefficient (Wildman–Crippen LogP) is 3.55. The summed E-state index contributed by atoms with van der Waals surface area (Å²) in [5.74, 6) is 0.317. The van der Waals surface area contributed by atoms with Crippen molar-refractivity contribution in [3.8, 4) is 0 Å². The maximum atomic E-state index is 13.4. The van der Waals surface area contributed by atoms with E-state index in [-0.39, 0.29) is 76.7 Å². The first-order valence-electron chi connectivity index (χ1n) is 15.8. The Labute approximate surface area is 248 Å². The van der Waals surface area contributed by atoms with Crippen molar-refractivity contribution >= 4 is 17.6 Å². The van der Waals surface area contributed by atoms with Crippen molar-refractivity contribution < 1.29 is 33.3 Å². The number of anilines is 1. The molecule has 5 saturated carbocycles. The summed E-state index contributed by atoms with van der Waals surface area (Å²) < 4.78 is 31.8. The Kier molecular flexibility index (Phi) is 6.74. The number of rotatable bonds is 8. The summed E-state index contributed by atoms with van der Waals surface area (Å²) >= 11 is 0. The summed E-state index contributed by atoms with van der Waals surface area (Å²) in [6, 6.07) is 7.32. The van der Waals surface area contributed by atoms with Crippen molar-refractivity contribution in [1.82, 2.24) is 4.90 Å². The third-order valence-corrected chi connectivity index (χ3v) is 12.9. The summed E-state index contributed by atoms with van der Waals surface area (Å²) in [6.45, 7) is 5.83. The van der Waals surface area contributed by atoms with E-state index in [0.29, 0.717) is 24.3 Å². The summed E-state index contributed by atoms with van der Waals surface area (Å²) in [4.78, 5) is 28.9. The van der Waals surface area contributed by atoms with Gasteiger partial charge >= 0.3 is 11.9 Å². The number of hydrogen-bond acceptors (Lipinski definition) is 9. The van der Waals surface area contributed by atoms with Gasteiger partial charge < -0.3 is 29.4 Å². The minimum Gasteiger partial charge on any atom is -0.461 e. The second kappa shape index (κ2) is 9.91. The lowest BCUT2D eigenvalue weighted by atomic mass is 9.43. The van der Waals surface area contributed by atoms with E-state index in [0.717, 1.165) is 38.8 Å². The lowest BCUT2D eigenvalue weighted by Crippen LogP contribution is -2.77. The van der Waals surface area contributed by atoms with E-state index in [1.165, 1.54) is 0 Å². The lowest BCUT2D eigenvalue weighted by Gasteiger charge is -2.69. The third kappa shape index (κ3) is 3.45. The third-order valence-electron chi connectivity index (χ3n) is 12.9. The van der Waals surface area contributed by atoms with Crippen LogP contribution in [0.4, 0.5) is 5.69 Å². The molecule has 42 heavy (non-hydrogen) atoms. The van der Waals surface area contributed by atoms with Gasteiger partial charge in [-0.25, -0.2) is 4.79 Å². The highest BCUT2D eigenvalue weighted by molar-refractivity contribution is 5.95. The van der Waals surface area contributed by atoms with Crippen molar-refractivity contribution in [3.05, 3.63) is 29.8 Å². The van der Waals surface area contributed by atoms with Gasteiger partial charge in [0.2, 0.25) is 0 Å². The van der Waals surface area contributed by atoms with Crippen LogP contribution in [0.15, 0.2) is 24.3 Å². The Morgan fingerprint density at radius 3 is 2.52 bits per heavy atom. The molecule has 0 radical (unpaired) electrons. The van der Waals surface area contributed by atoms with Gasteiger partial charge in [-0.1, -0.05) is 19.1 Å². The van der Waals surface area contributed by atoms with Crippen molar-refractivity contribution in [3.63, 3.8) is 0 Å². The molecule has 1 saturated heterocycles. The first-order valence-corrected chi connectivity index (χ1v) is 15.8. The maximum absolute atomic E-state index is 13.4. The van der Waals surface area contributed by atoms with Crippen LogP contribution < -0.4 is 5.73 Å². The predicted molar refractivity (Wildman–Crippen MR) is 154 cm³/mol. The molecule has 5 aliphatic carbocycles. The van der Waals surface area contributed by atoms with Crippen molar-refractivity contribution in [2.24, 2.45) is 40.4 Å². The molecule has 6 fully saturated rings. The normalized spacial score (nSPS) is 46.4. The van der Waals surface area contributed by atoms with E-state index in [1.807, 2.05) is 19.2 Å². The first kappa shape index (κ1) is 28.6. The number of ether oxygens (including phenoxy) is 5. The van der Waals surface area contributed by atoms with Gasteiger partial charge in [-0.15, -0.1) is 0 Å². The molecule has 1 heterocycles. The van der Waals surface area contributed by atoms with Crippen molar-refractivity contribution in [2.45, 2.75) is 75.9 Å². The SMILES string of the molecule is CCN1CC2(COC(=O)c3ccccc3N)CCC(OC)C34C5CC6C(OC)CC(OC(C)=O)(C(CC23)C14)C5C6OC. The second-order valence-corrected chi connectivity index (χ2v) is 14.0. The average molecular weight is 583 g/mol. The number of methoxy groups -OCH3 is 3. The van der Waals surface area contributed by atoms with E-state index >= 15 is 0 Å². The number of likely N-dealkylation sites (tertiary alicyclic amines) is 1. The molecule has 9 nitrogen and oxygen atoms in total. The molecule has 230 valence electrons. The molecule has 1 aromatic rings. The van der Waals surface area contributed by atoms with Crippen LogP contribution in [0.2, 0.25) is 0 Å². The summed E-state index contributed by atoms with van der Waals surface area (Å²) in [5.41, 5.74) is 5.93.